The zero-order valence-corrected chi connectivity index (χ0v) is 6.67. The van der Waals surface area contributed by atoms with E-state index in [0.29, 0.717) is 5.69 Å². The van der Waals surface area contributed by atoms with E-state index >= 15 is 0 Å². The van der Waals surface area contributed by atoms with Gasteiger partial charge in [-0.2, -0.15) is 5.26 Å². The third-order valence-corrected chi connectivity index (χ3v) is 1.34. The highest BCUT2D eigenvalue weighted by molar-refractivity contribution is 5.42. The molecule has 1 aromatic rings. The molecule has 0 aliphatic carbocycles. The number of nitrogens with one attached hydrogen (secondary N) is 1. The molecule has 0 unspecified atom stereocenters. The van der Waals surface area contributed by atoms with Crippen molar-refractivity contribution in [3.8, 4) is 6.07 Å². The maximum atomic E-state index is 11.7. The molecule has 0 radical (unpaired) electrons. The van der Waals surface area contributed by atoms with Gasteiger partial charge in [0.15, 0.2) is 0 Å². The summed E-state index contributed by atoms with van der Waals surface area (Å²) in [5.74, 6) is 0. The molecule has 5 heteroatoms. The molecule has 68 valence electrons. The van der Waals surface area contributed by atoms with Crippen LogP contribution in [0.4, 0.5) is 14.5 Å². The molecular weight excluding hydrogens is 176 g/mol. The van der Waals surface area contributed by atoms with Crippen LogP contribution >= 0.6 is 0 Å². The molecule has 0 bridgehead atoms. The lowest BCUT2D eigenvalue weighted by molar-refractivity contribution is 0.163. The number of anilines is 1. The van der Waals surface area contributed by atoms with Crippen LogP contribution in [-0.2, 0) is 0 Å². The standard InChI is InChI=1S/C8H7F2N3/c9-8(10)5-13-7-2-1-6(3-11)12-4-7/h1-2,4,8,13H,5H2. The van der Waals surface area contributed by atoms with E-state index in [1.807, 2.05) is 6.07 Å². The number of nitriles is 1. The summed E-state index contributed by atoms with van der Waals surface area (Å²) in [6, 6.07) is 4.83. The van der Waals surface area contributed by atoms with Gasteiger partial charge in [-0.05, 0) is 12.1 Å². The van der Waals surface area contributed by atoms with Crippen molar-refractivity contribution in [2.45, 2.75) is 6.43 Å². The molecular formula is C8H7F2N3. The molecule has 1 heterocycles. The van der Waals surface area contributed by atoms with Crippen LogP contribution in [0.2, 0.25) is 0 Å². The van der Waals surface area contributed by atoms with Gasteiger partial charge in [0.2, 0.25) is 0 Å². The van der Waals surface area contributed by atoms with Gasteiger partial charge in [0.1, 0.15) is 11.8 Å². The monoisotopic (exact) mass is 183 g/mol. The summed E-state index contributed by atoms with van der Waals surface area (Å²) in [5, 5.41) is 10.9. The first-order chi connectivity index (χ1) is 6.22. The molecule has 1 N–H and O–H groups in total. The first-order valence-corrected chi connectivity index (χ1v) is 3.60. The van der Waals surface area contributed by atoms with Crippen molar-refractivity contribution in [1.29, 1.82) is 5.26 Å². The fourth-order valence-corrected chi connectivity index (χ4v) is 0.760. The Bertz CT molecular complexity index is 302. The number of aromatic nitrogens is 1. The Morgan fingerprint density at radius 3 is 2.77 bits per heavy atom. The molecule has 0 fully saturated rings. The normalized spacial score (nSPS) is 9.69. The van der Waals surface area contributed by atoms with Gasteiger partial charge in [-0.15, -0.1) is 0 Å². The largest absolute Gasteiger partial charge is 0.378 e. The van der Waals surface area contributed by atoms with Crippen LogP contribution in [0, 0.1) is 11.3 Å². The van der Waals surface area contributed by atoms with E-state index in [-0.39, 0.29) is 5.69 Å². The summed E-state index contributed by atoms with van der Waals surface area (Å²) in [6.07, 6.45) is -1.04. The number of hydrogen-bond acceptors (Lipinski definition) is 3. The predicted octanol–water partition coefficient (Wildman–Crippen LogP) is 1.63. The Hall–Kier alpha value is -1.70. The first-order valence-electron chi connectivity index (χ1n) is 3.60. The number of halogens is 2. The third kappa shape index (κ3) is 3.03. The van der Waals surface area contributed by atoms with Gasteiger partial charge in [-0.1, -0.05) is 0 Å². The Labute approximate surface area is 74.0 Å². The Morgan fingerprint density at radius 1 is 1.54 bits per heavy atom. The molecule has 3 nitrogen and oxygen atoms in total. The van der Waals surface area contributed by atoms with Crippen molar-refractivity contribution in [1.82, 2.24) is 4.98 Å². The van der Waals surface area contributed by atoms with E-state index in [4.69, 9.17) is 5.26 Å². The van der Waals surface area contributed by atoms with Crippen molar-refractivity contribution in [3.05, 3.63) is 24.0 Å². The fraction of sp³-hybridized carbons (Fsp3) is 0.250. The number of pyridine rings is 1. The van der Waals surface area contributed by atoms with Gasteiger partial charge >= 0.3 is 0 Å². The minimum Gasteiger partial charge on any atom is -0.378 e. The molecule has 1 aromatic heterocycles. The second-order valence-electron chi connectivity index (χ2n) is 2.32. The molecule has 0 aromatic carbocycles. The average Bonchev–Trinajstić information content (AvgIpc) is 2.15. The van der Waals surface area contributed by atoms with Gasteiger partial charge in [0.25, 0.3) is 6.43 Å². The van der Waals surface area contributed by atoms with Crippen LogP contribution in [0.1, 0.15) is 5.69 Å². The van der Waals surface area contributed by atoms with Gasteiger partial charge < -0.3 is 5.32 Å². The van der Waals surface area contributed by atoms with E-state index < -0.39 is 13.0 Å². The molecule has 13 heavy (non-hydrogen) atoms. The number of nitrogens with zero attached hydrogens (tertiary/aromatic N) is 2. The summed E-state index contributed by atoms with van der Waals surface area (Å²) >= 11 is 0. The van der Waals surface area contributed by atoms with Gasteiger partial charge in [0.05, 0.1) is 18.4 Å². The van der Waals surface area contributed by atoms with E-state index in [0.717, 1.165) is 0 Å². The van der Waals surface area contributed by atoms with Crippen LogP contribution in [0.25, 0.3) is 0 Å². The van der Waals surface area contributed by atoms with Gasteiger partial charge in [-0.25, -0.2) is 13.8 Å². The first kappa shape index (κ1) is 9.39. The van der Waals surface area contributed by atoms with E-state index in [1.165, 1.54) is 18.3 Å². The number of alkyl halides is 2. The lowest BCUT2D eigenvalue weighted by Gasteiger charge is -2.03. The van der Waals surface area contributed by atoms with Crippen LogP contribution in [0.3, 0.4) is 0 Å². The van der Waals surface area contributed by atoms with Gasteiger partial charge in [0, 0.05) is 0 Å². The summed E-state index contributed by atoms with van der Waals surface area (Å²) in [6.45, 7) is -0.409. The second kappa shape index (κ2) is 4.36. The van der Waals surface area contributed by atoms with Crippen LogP contribution in [0.15, 0.2) is 18.3 Å². The molecule has 0 aliphatic rings. The van der Waals surface area contributed by atoms with E-state index in [1.54, 1.807) is 0 Å². The summed E-state index contributed by atoms with van der Waals surface area (Å²) in [5.41, 5.74) is 0.752. The highest BCUT2D eigenvalue weighted by Crippen LogP contribution is 2.06. The molecule has 0 spiro atoms. The lowest BCUT2D eigenvalue weighted by Crippen LogP contribution is -2.10. The third-order valence-electron chi connectivity index (χ3n) is 1.34. The maximum Gasteiger partial charge on any atom is 0.255 e. The highest BCUT2D eigenvalue weighted by Gasteiger charge is 2.01. The molecule has 0 saturated heterocycles. The van der Waals surface area contributed by atoms with Crippen LogP contribution < -0.4 is 5.32 Å². The summed E-state index contributed by atoms with van der Waals surface area (Å²) < 4.78 is 23.5. The summed E-state index contributed by atoms with van der Waals surface area (Å²) in [7, 11) is 0. The number of rotatable bonds is 3. The SMILES string of the molecule is N#Cc1ccc(NCC(F)F)cn1. The molecule has 1 rings (SSSR count). The smallest absolute Gasteiger partial charge is 0.255 e. The zero-order chi connectivity index (χ0) is 9.68. The molecule has 0 atom stereocenters. The predicted molar refractivity (Wildman–Crippen MR) is 43.4 cm³/mol. The second-order valence-corrected chi connectivity index (χ2v) is 2.32. The van der Waals surface area contributed by atoms with E-state index in [2.05, 4.69) is 10.3 Å². The van der Waals surface area contributed by atoms with Crippen molar-refractivity contribution in [2.24, 2.45) is 0 Å². The van der Waals surface area contributed by atoms with Crippen molar-refractivity contribution < 1.29 is 8.78 Å². The van der Waals surface area contributed by atoms with Gasteiger partial charge in [-0.3, -0.25) is 0 Å². The Morgan fingerprint density at radius 2 is 2.31 bits per heavy atom. The van der Waals surface area contributed by atoms with E-state index in [9.17, 15) is 8.78 Å². The van der Waals surface area contributed by atoms with Crippen LogP contribution in [-0.4, -0.2) is 18.0 Å². The zero-order valence-electron chi connectivity index (χ0n) is 6.67. The minimum atomic E-state index is -2.39. The average molecular weight is 183 g/mol. The topological polar surface area (TPSA) is 48.7 Å². The van der Waals surface area contributed by atoms with Crippen molar-refractivity contribution in [2.75, 3.05) is 11.9 Å². The number of hydrogen-bond donors (Lipinski definition) is 1. The van der Waals surface area contributed by atoms with Crippen molar-refractivity contribution in [3.63, 3.8) is 0 Å². The quantitative estimate of drug-likeness (QED) is 0.774. The fourth-order valence-electron chi connectivity index (χ4n) is 0.760. The Kier molecular flexibility index (Phi) is 3.15. The van der Waals surface area contributed by atoms with Crippen molar-refractivity contribution >= 4 is 5.69 Å². The molecule has 0 saturated carbocycles. The van der Waals surface area contributed by atoms with Crippen LogP contribution in [0.5, 0.6) is 0 Å². The highest BCUT2D eigenvalue weighted by atomic mass is 19.3. The summed E-state index contributed by atoms with van der Waals surface area (Å²) in [4.78, 5) is 3.71. The lowest BCUT2D eigenvalue weighted by atomic mass is 10.3. The molecule has 0 amide bonds. The minimum absolute atomic E-state index is 0.266. The maximum absolute atomic E-state index is 11.7. The Balaban J connectivity index is 2.55. The molecule has 0 aliphatic heterocycles.